The molecule has 4 nitrogen and oxygen atoms in total. The van der Waals surface area contributed by atoms with Gasteiger partial charge in [-0.1, -0.05) is 0 Å². The molecule has 2 unspecified atom stereocenters. The summed E-state index contributed by atoms with van der Waals surface area (Å²) in [6, 6.07) is 0. The molecule has 2 rings (SSSR count). The van der Waals surface area contributed by atoms with Crippen LogP contribution in [0.1, 0.15) is 23.4 Å². The molecule has 18 heavy (non-hydrogen) atoms. The summed E-state index contributed by atoms with van der Waals surface area (Å²) in [4.78, 5) is 5.45. The number of aliphatic hydroxyl groups excluding tert-OH is 1. The van der Waals surface area contributed by atoms with E-state index in [1.54, 1.807) is 11.3 Å². The van der Waals surface area contributed by atoms with Crippen molar-refractivity contribution >= 4 is 21.2 Å². The zero-order valence-corrected chi connectivity index (χ0v) is 12.1. The number of aromatic nitrogens is 1. The monoisotopic (exact) mass is 289 g/mol. The standard InChI is InChI=1S/C12H19NO3S2/c1-9-12(17-8-13-9)3-2-10(6-14)11-4-5-18(15,16)7-11/h8,10-11,14H,2-7H2,1H3. The number of rotatable bonds is 5. The molecule has 0 spiro atoms. The molecule has 2 heterocycles. The van der Waals surface area contributed by atoms with Crippen molar-refractivity contribution < 1.29 is 13.5 Å². The van der Waals surface area contributed by atoms with Crippen molar-refractivity contribution in [3.05, 3.63) is 16.1 Å². The molecule has 1 aliphatic rings. The smallest absolute Gasteiger partial charge is 0.150 e. The molecule has 0 aliphatic carbocycles. The SMILES string of the molecule is Cc1ncsc1CCC(CO)C1CCS(=O)(=O)C1. The molecule has 102 valence electrons. The van der Waals surface area contributed by atoms with Gasteiger partial charge in [0, 0.05) is 11.5 Å². The van der Waals surface area contributed by atoms with E-state index < -0.39 is 9.84 Å². The topological polar surface area (TPSA) is 67.3 Å². The van der Waals surface area contributed by atoms with Gasteiger partial charge >= 0.3 is 0 Å². The van der Waals surface area contributed by atoms with Crippen LogP contribution in [-0.4, -0.2) is 36.6 Å². The molecule has 1 aliphatic heterocycles. The average molecular weight is 289 g/mol. The van der Waals surface area contributed by atoms with Gasteiger partial charge in [-0.2, -0.15) is 0 Å². The predicted molar refractivity (Wildman–Crippen MR) is 72.5 cm³/mol. The molecular formula is C12H19NO3S2. The molecule has 2 atom stereocenters. The van der Waals surface area contributed by atoms with E-state index in [1.165, 1.54) is 4.88 Å². The third-order valence-corrected chi connectivity index (χ3v) is 6.54. The second-order valence-electron chi connectivity index (χ2n) is 5.01. The van der Waals surface area contributed by atoms with Gasteiger partial charge in [0.05, 0.1) is 22.7 Å². The summed E-state index contributed by atoms with van der Waals surface area (Å²) in [5.41, 5.74) is 2.88. The zero-order chi connectivity index (χ0) is 13.2. The second kappa shape index (κ2) is 5.67. The summed E-state index contributed by atoms with van der Waals surface area (Å²) in [6.07, 6.45) is 2.44. The van der Waals surface area contributed by atoms with Gasteiger partial charge in [-0.3, -0.25) is 0 Å². The summed E-state index contributed by atoms with van der Waals surface area (Å²) in [5.74, 6) is 0.769. The van der Waals surface area contributed by atoms with E-state index in [0.29, 0.717) is 6.42 Å². The van der Waals surface area contributed by atoms with E-state index in [2.05, 4.69) is 4.98 Å². The number of nitrogens with zero attached hydrogens (tertiary/aromatic N) is 1. The fourth-order valence-electron chi connectivity index (χ4n) is 2.55. The van der Waals surface area contributed by atoms with Crippen molar-refractivity contribution in [1.82, 2.24) is 4.98 Å². The number of aliphatic hydroxyl groups is 1. The summed E-state index contributed by atoms with van der Waals surface area (Å²) in [7, 11) is -2.85. The largest absolute Gasteiger partial charge is 0.396 e. The van der Waals surface area contributed by atoms with Crippen molar-refractivity contribution in [3.63, 3.8) is 0 Å². The van der Waals surface area contributed by atoms with Crippen molar-refractivity contribution in [2.24, 2.45) is 11.8 Å². The highest BCUT2D eigenvalue weighted by Crippen LogP contribution is 2.29. The van der Waals surface area contributed by atoms with Crippen molar-refractivity contribution in [1.29, 1.82) is 0 Å². The van der Waals surface area contributed by atoms with E-state index in [4.69, 9.17) is 0 Å². The molecule has 0 bridgehead atoms. The van der Waals surface area contributed by atoms with E-state index >= 15 is 0 Å². The Bertz CT molecular complexity index is 495. The highest BCUT2D eigenvalue weighted by atomic mass is 32.2. The minimum Gasteiger partial charge on any atom is -0.396 e. The first kappa shape index (κ1) is 14.0. The minimum atomic E-state index is -2.85. The van der Waals surface area contributed by atoms with Gasteiger partial charge in [0.1, 0.15) is 0 Å². The molecule has 0 saturated carbocycles. The summed E-state index contributed by atoms with van der Waals surface area (Å²) < 4.78 is 22.9. The van der Waals surface area contributed by atoms with E-state index in [-0.39, 0.29) is 29.9 Å². The molecule has 1 aromatic rings. The first-order chi connectivity index (χ1) is 8.52. The summed E-state index contributed by atoms with van der Waals surface area (Å²) in [5, 5.41) is 9.45. The van der Waals surface area contributed by atoms with Gasteiger partial charge in [0.25, 0.3) is 0 Å². The Hall–Kier alpha value is -0.460. The van der Waals surface area contributed by atoms with E-state index in [1.807, 2.05) is 12.4 Å². The minimum absolute atomic E-state index is 0.0814. The van der Waals surface area contributed by atoms with Crippen LogP contribution in [0.3, 0.4) is 0 Å². The number of sulfone groups is 1. The molecule has 1 N–H and O–H groups in total. The van der Waals surface area contributed by atoms with Gasteiger partial charge in [-0.05, 0) is 38.0 Å². The molecular weight excluding hydrogens is 270 g/mol. The van der Waals surface area contributed by atoms with Crippen LogP contribution in [0.2, 0.25) is 0 Å². The maximum atomic E-state index is 11.5. The van der Waals surface area contributed by atoms with Gasteiger partial charge in [0.2, 0.25) is 0 Å². The van der Waals surface area contributed by atoms with Crippen LogP contribution in [-0.2, 0) is 16.3 Å². The van der Waals surface area contributed by atoms with Crippen LogP contribution in [0, 0.1) is 18.8 Å². The molecule has 0 amide bonds. The average Bonchev–Trinajstić information content (AvgIpc) is 2.87. The fourth-order valence-corrected chi connectivity index (χ4v) is 5.27. The van der Waals surface area contributed by atoms with Gasteiger partial charge < -0.3 is 5.11 Å². The van der Waals surface area contributed by atoms with Crippen LogP contribution in [0.4, 0.5) is 0 Å². The summed E-state index contributed by atoms with van der Waals surface area (Å²) in [6.45, 7) is 2.07. The van der Waals surface area contributed by atoms with Crippen LogP contribution >= 0.6 is 11.3 Å². The molecule has 6 heteroatoms. The summed E-state index contributed by atoms with van der Waals surface area (Å²) >= 11 is 1.63. The Balaban J connectivity index is 1.92. The Kier molecular flexibility index (Phi) is 4.40. The van der Waals surface area contributed by atoms with E-state index in [9.17, 15) is 13.5 Å². The lowest BCUT2D eigenvalue weighted by Crippen LogP contribution is -2.20. The van der Waals surface area contributed by atoms with Crippen molar-refractivity contribution in [2.75, 3.05) is 18.1 Å². The normalized spacial score (nSPS) is 24.2. The third kappa shape index (κ3) is 3.30. The first-order valence-corrected chi connectivity index (χ1v) is 8.92. The number of aryl methyl sites for hydroxylation is 2. The van der Waals surface area contributed by atoms with Crippen molar-refractivity contribution in [3.8, 4) is 0 Å². The van der Waals surface area contributed by atoms with Crippen molar-refractivity contribution in [2.45, 2.75) is 26.2 Å². The lowest BCUT2D eigenvalue weighted by Gasteiger charge is -2.19. The predicted octanol–water partition coefficient (Wildman–Crippen LogP) is 1.43. The van der Waals surface area contributed by atoms with Gasteiger partial charge in [-0.15, -0.1) is 11.3 Å². The zero-order valence-electron chi connectivity index (χ0n) is 10.5. The Morgan fingerprint density at radius 1 is 1.61 bits per heavy atom. The lowest BCUT2D eigenvalue weighted by atomic mass is 9.88. The molecule has 1 fully saturated rings. The van der Waals surface area contributed by atoms with Crippen LogP contribution in [0.25, 0.3) is 0 Å². The highest BCUT2D eigenvalue weighted by Gasteiger charge is 2.33. The Morgan fingerprint density at radius 3 is 2.89 bits per heavy atom. The highest BCUT2D eigenvalue weighted by molar-refractivity contribution is 7.91. The fraction of sp³-hybridized carbons (Fsp3) is 0.750. The van der Waals surface area contributed by atoms with Gasteiger partial charge in [-0.25, -0.2) is 13.4 Å². The van der Waals surface area contributed by atoms with Crippen LogP contribution in [0.15, 0.2) is 5.51 Å². The van der Waals surface area contributed by atoms with E-state index in [0.717, 1.165) is 18.5 Å². The maximum absolute atomic E-state index is 11.5. The molecule has 0 radical (unpaired) electrons. The lowest BCUT2D eigenvalue weighted by molar-refractivity contribution is 0.176. The second-order valence-corrected chi connectivity index (χ2v) is 8.17. The van der Waals surface area contributed by atoms with Crippen LogP contribution in [0.5, 0.6) is 0 Å². The quantitative estimate of drug-likeness (QED) is 0.890. The number of thiazole rings is 1. The first-order valence-electron chi connectivity index (χ1n) is 6.22. The third-order valence-electron chi connectivity index (χ3n) is 3.76. The van der Waals surface area contributed by atoms with Crippen LogP contribution < -0.4 is 0 Å². The molecule has 1 aromatic heterocycles. The Morgan fingerprint density at radius 2 is 2.39 bits per heavy atom. The molecule has 0 aromatic carbocycles. The maximum Gasteiger partial charge on any atom is 0.150 e. The Labute approximate surface area is 112 Å². The molecule has 1 saturated heterocycles. The number of hydrogen-bond acceptors (Lipinski definition) is 5. The van der Waals surface area contributed by atoms with Gasteiger partial charge in [0.15, 0.2) is 9.84 Å². The number of hydrogen-bond donors (Lipinski definition) is 1.